The molecule has 0 fully saturated rings. The second-order valence-corrected chi connectivity index (χ2v) is 5.98. The second-order valence-electron chi connectivity index (χ2n) is 5.98. The van der Waals surface area contributed by atoms with Gasteiger partial charge in [-0.05, 0) is 41.8 Å². The molecule has 3 rings (SSSR count). The molecule has 27 heavy (non-hydrogen) atoms. The van der Waals surface area contributed by atoms with Gasteiger partial charge in [-0.1, -0.05) is 17.3 Å². The number of carbonyl (C=O) groups excluding carboxylic acids is 1. The highest BCUT2D eigenvalue weighted by molar-refractivity contribution is 5.91. The molecular weight excluding hydrogens is 359 g/mol. The van der Waals surface area contributed by atoms with Crippen LogP contribution in [0.1, 0.15) is 32.7 Å². The van der Waals surface area contributed by atoms with Gasteiger partial charge in [0.15, 0.2) is 5.69 Å². The highest BCUT2D eigenvalue weighted by Crippen LogP contribution is 2.29. The lowest BCUT2D eigenvalue weighted by Gasteiger charge is -2.08. The number of amides is 1. The molecule has 6 nitrogen and oxygen atoms in total. The number of halogens is 3. The van der Waals surface area contributed by atoms with Crippen LogP contribution < -0.4 is 5.32 Å². The summed E-state index contributed by atoms with van der Waals surface area (Å²) in [6, 6.07) is 6.75. The smallest absolute Gasteiger partial charge is 0.347 e. The van der Waals surface area contributed by atoms with Gasteiger partial charge in [-0.25, -0.2) is 4.68 Å². The van der Waals surface area contributed by atoms with E-state index in [1.54, 1.807) is 24.5 Å². The van der Waals surface area contributed by atoms with E-state index in [0.29, 0.717) is 12.1 Å². The van der Waals surface area contributed by atoms with E-state index in [0.717, 1.165) is 23.3 Å². The molecule has 3 aromatic rings. The molecule has 0 bridgehead atoms. The van der Waals surface area contributed by atoms with Crippen LogP contribution in [0.2, 0.25) is 0 Å². The maximum Gasteiger partial charge on any atom is 0.416 e. The minimum Gasteiger partial charge on any atom is -0.347 e. The number of rotatable bonds is 5. The van der Waals surface area contributed by atoms with Gasteiger partial charge in [0, 0.05) is 18.9 Å². The molecule has 0 saturated carbocycles. The summed E-state index contributed by atoms with van der Waals surface area (Å²) >= 11 is 0. The summed E-state index contributed by atoms with van der Waals surface area (Å²) in [7, 11) is 0. The molecule has 2 aromatic heterocycles. The summed E-state index contributed by atoms with van der Waals surface area (Å²) in [5.41, 5.74) is 1.65. The summed E-state index contributed by atoms with van der Waals surface area (Å²) in [5.74, 6) is -0.415. The number of carbonyl (C=O) groups is 1. The van der Waals surface area contributed by atoms with Crippen LogP contribution >= 0.6 is 0 Å². The third kappa shape index (κ3) is 4.69. The van der Waals surface area contributed by atoms with Crippen LogP contribution in [-0.2, 0) is 19.3 Å². The zero-order valence-corrected chi connectivity index (χ0v) is 14.4. The fourth-order valence-electron chi connectivity index (χ4n) is 2.48. The summed E-state index contributed by atoms with van der Waals surface area (Å²) in [5, 5.41) is 10.3. The van der Waals surface area contributed by atoms with Gasteiger partial charge in [0.1, 0.15) is 0 Å². The molecule has 0 atom stereocenters. The van der Waals surface area contributed by atoms with Gasteiger partial charge in [0.05, 0.1) is 18.3 Å². The van der Waals surface area contributed by atoms with Crippen LogP contribution in [0.3, 0.4) is 0 Å². The number of nitrogens with one attached hydrogen (secondary N) is 1. The monoisotopic (exact) mass is 375 g/mol. The Hall–Kier alpha value is -3.23. The van der Waals surface area contributed by atoms with Crippen LogP contribution in [0.15, 0.2) is 48.9 Å². The van der Waals surface area contributed by atoms with Gasteiger partial charge in [-0.2, -0.15) is 13.2 Å². The summed E-state index contributed by atoms with van der Waals surface area (Å²) in [4.78, 5) is 16.2. The predicted molar refractivity (Wildman–Crippen MR) is 90.7 cm³/mol. The van der Waals surface area contributed by atoms with Crippen molar-refractivity contribution in [2.24, 2.45) is 0 Å². The number of aromatic nitrogens is 4. The number of benzene rings is 1. The average Bonchev–Trinajstić information content (AvgIpc) is 3.09. The Morgan fingerprint density at radius 2 is 2.07 bits per heavy atom. The fourth-order valence-corrected chi connectivity index (χ4v) is 2.48. The van der Waals surface area contributed by atoms with Crippen LogP contribution in [-0.4, -0.2) is 25.9 Å². The van der Waals surface area contributed by atoms with Crippen LogP contribution in [0.4, 0.5) is 13.2 Å². The predicted octanol–water partition coefficient (Wildman–Crippen LogP) is 2.98. The van der Waals surface area contributed by atoms with Crippen molar-refractivity contribution >= 4 is 5.91 Å². The van der Waals surface area contributed by atoms with E-state index in [9.17, 15) is 18.0 Å². The first-order valence-corrected chi connectivity index (χ1v) is 8.07. The molecule has 0 aliphatic heterocycles. The number of nitrogens with zero attached hydrogens (tertiary/aromatic N) is 4. The third-order valence-electron chi connectivity index (χ3n) is 3.95. The first-order valence-electron chi connectivity index (χ1n) is 8.07. The number of hydrogen-bond acceptors (Lipinski definition) is 4. The molecular formula is C18H16F3N5O. The number of pyridine rings is 1. The zero-order chi connectivity index (χ0) is 19.4. The Labute approximate surface area is 153 Å². The normalized spacial score (nSPS) is 11.4. The summed E-state index contributed by atoms with van der Waals surface area (Å²) in [6.07, 6.45) is 0.330. The first kappa shape index (κ1) is 18.6. The summed E-state index contributed by atoms with van der Waals surface area (Å²) in [6.45, 7) is 2.28. The van der Waals surface area contributed by atoms with E-state index >= 15 is 0 Å². The van der Waals surface area contributed by atoms with Gasteiger partial charge in [0.25, 0.3) is 5.91 Å². The molecule has 0 aliphatic carbocycles. The molecule has 1 amide bonds. The van der Waals surface area contributed by atoms with Crippen molar-refractivity contribution in [2.45, 2.75) is 26.2 Å². The Kier molecular flexibility index (Phi) is 5.20. The molecule has 0 radical (unpaired) electrons. The number of aryl methyl sites for hydroxylation is 1. The van der Waals surface area contributed by atoms with E-state index in [-0.39, 0.29) is 12.2 Å². The van der Waals surface area contributed by atoms with Crippen LogP contribution in [0.5, 0.6) is 0 Å². The minimum absolute atomic E-state index is 0.0770. The maximum atomic E-state index is 12.8. The maximum absolute atomic E-state index is 12.8. The van der Waals surface area contributed by atoms with Gasteiger partial charge in [0.2, 0.25) is 0 Å². The van der Waals surface area contributed by atoms with E-state index < -0.39 is 17.6 Å². The molecule has 1 N–H and O–H groups in total. The van der Waals surface area contributed by atoms with E-state index in [4.69, 9.17) is 0 Å². The Morgan fingerprint density at radius 1 is 1.26 bits per heavy atom. The fraction of sp³-hybridized carbons (Fsp3) is 0.222. The van der Waals surface area contributed by atoms with Crippen molar-refractivity contribution in [3.8, 4) is 0 Å². The van der Waals surface area contributed by atoms with Gasteiger partial charge in [-0.3, -0.25) is 9.78 Å². The van der Waals surface area contributed by atoms with Crippen LogP contribution in [0, 0.1) is 6.92 Å². The van der Waals surface area contributed by atoms with E-state index in [1.807, 2.05) is 6.92 Å². The average molecular weight is 375 g/mol. The molecule has 0 spiro atoms. The van der Waals surface area contributed by atoms with Crippen LogP contribution in [0.25, 0.3) is 0 Å². The first-order chi connectivity index (χ1) is 12.8. The van der Waals surface area contributed by atoms with Gasteiger partial charge < -0.3 is 5.32 Å². The third-order valence-corrected chi connectivity index (χ3v) is 3.95. The quantitative estimate of drug-likeness (QED) is 0.744. The molecule has 0 aliphatic rings. The Morgan fingerprint density at radius 3 is 2.81 bits per heavy atom. The summed E-state index contributed by atoms with van der Waals surface area (Å²) < 4.78 is 39.7. The molecule has 9 heteroatoms. The lowest BCUT2D eigenvalue weighted by Crippen LogP contribution is -2.23. The molecule has 0 saturated heterocycles. The van der Waals surface area contributed by atoms with Crippen molar-refractivity contribution in [3.05, 3.63) is 76.9 Å². The lowest BCUT2D eigenvalue weighted by atomic mass is 10.1. The lowest BCUT2D eigenvalue weighted by molar-refractivity contribution is -0.137. The molecule has 0 unspecified atom stereocenters. The van der Waals surface area contributed by atoms with Gasteiger partial charge >= 0.3 is 6.18 Å². The van der Waals surface area contributed by atoms with Crippen molar-refractivity contribution in [2.75, 3.05) is 0 Å². The molecule has 1 aromatic carbocycles. The van der Waals surface area contributed by atoms with E-state index in [1.165, 1.54) is 16.9 Å². The zero-order valence-electron chi connectivity index (χ0n) is 14.4. The van der Waals surface area contributed by atoms with Crippen molar-refractivity contribution in [1.29, 1.82) is 0 Å². The Balaban J connectivity index is 1.64. The van der Waals surface area contributed by atoms with Crippen molar-refractivity contribution < 1.29 is 18.0 Å². The number of alkyl halides is 3. The second kappa shape index (κ2) is 7.56. The molecule has 140 valence electrons. The van der Waals surface area contributed by atoms with Crippen molar-refractivity contribution in [1.82, 2.24) is 25.3 Å². The number of hydrogen-bond donors (Lipinski definition) is 1. The highest BCUT2D eigenvalue weighted by atomic mass is 19.4. The largest absolute Gasteiger partial charge is 0.416 e. The Bertz CT molecular complexity index is 952. The molecule has 2 heterocycles. The van der Waals surface area contributed by atoms with Gasteiger partial charge in [-0.15, -0.1) is 5.10 Å². The minimum atomic E-state index is -4.41. The van der Waals surface area contributed by atoms with Crippen molar-refractivity contribution in [3.63, 3.8) is 0 Å². The topological polar surface area (TPSA) is 72.7 Å². The standard InChI is InChI=1S/C18H16F3N5O/c1-12-8-22-6-5-14(12)9-23-17(27)16-11-26(25-24-16)10-13-3-2-4-15(7-13)18(19,20)21/h2-8,11H,9-10H2,1H3,(H,23,27). The highest BCUT2D eigenvalue weighted by Gasteiger charge is 2.30. The SMILES string of the molecule is Cc1cnccc1CNC(=O)c1cn(Cc2cccc(C(F)(F)F)c2)nn1. The van der Waals surface area contributed by atoms with E-state index in [2.05, 4.69) is 20.6 Å².